The molecule has 1 saturated heterocycles. The lowest BCUT2D eigenvalue weighted by Gasteiger charge is -2.62. The van der Waals surface area contributed by atoms with Crippen molar-refractivity contribution in [3.8, 4) is 0 Å². The third-order valence-electron chi connectivity index (χ3n) is 11.1. The average Bonchev–Trinajstić information content (AvgIpc) is 3.25. The van der Waals surface area contributed by atoms with Gasteiger partial charge in [0.15, 0.2) is 0 Å². The molecule has 2 aromatic rings. The van der Waals surface area contributed by atoms with E-state index in [-0.39, 0.29) is 22.8 Å². The van der Waals surface area contributed by atoms with E-state index in [1.54, 1.807) is 0 Å². The Kier molecular flexibility index (Phi) is 5.77. The number of hydrogen-bond donors (Lipinski definition) is 0. The Morgan fingerprint density at radius 3 is 2.22 bits per heavy atom. The number of fused-ring (bicyclic) bond motifs is 5. The van der Waals surface area contributed by atoms with Gasteiger partial charge in [-0.05, 0) is 97.8 Å². The van der Waals surface area contributed by atoms with E-state index >= 15 is 0 Å². The number of likely N-dealkylation sites (tertiary alicyclic amines) is 1. The van der Waals surface area contributed by atoms with Crippen LogP contribution in [0.2, 0.25) is 0 Å². The number of rotatable bonds is 3. The van der Waals surface area contributed by atoms with Crippen LogP contribution in [0.1, 0.15) is 75.6 Å². The lowest BCUT2D eigenvalue weighted by molar-refractivity contribution is -0.157. The minimum Gasteiger partial charge on any atom is -0.342 e. The molecule has 3 aliphatic carbocycles. The zero-order chi connectivity index (χ0) is 25.1. The quantitative estimate of drug-likeness (QED) is 0.495. The molecule has 0 spiro atoms. The van der Waals surface area contributed by atoms with Crippen molar-refractivity contribution in [2.45, 2.75) is 77.3 Å². The Balaban J connectivity index is 1.33. The molecule has 7 atom stereocenters. The van der Waals surface area contributed by atoms with Gasteiger partial charge in [0, 0.05) is 36.8 Å². The van der Waals surface area contributed by atoms with Gasteiger partial charge in [-0.15, -0.1) is 0 Å². The van der Waals surface area contributed by atoms with E-state index in [1.807, 2.05) is 43.4 Å². The third-order valence-corrected chi connectivity index (χ3v) is 11.1. The van der Waals surface area contributed by atoms with Gasteiger partial charge in [0.1, 0.15) is 0 Å². The van der Waals surface area contributed by atoms with Gasteiger partial charge in [-0.3, -0.25) is 9.59 Å². The van der Waals surface area contributed by atoms with Crippen molar-refractivity contribution in [2.24, 2.45) is 28.6 Å². The molecule has 4 heteroatoms. The molecule has 1 heterocycles. The summed E-state index contributed by atoms with van der Waals surface area (Å²) in [5.41, 5.74) is 2.12. The lowest BCUT2D eigenvalue weighted by Crippen LogP contribution is -2.62. The summed E-state index contributed by atoms with van der Waals surface area (Å²) in [4.78, 5) is 30.8. The molecular weight excluding hydrogens is 444 g/mol. The van der Waals surface area contributed by atoms with Crippen molar-refractivity contribution in [1.82, 2.24) is 4.90 Å². The van der Waals surface area contributed by atoms with Crippen molar-refractivity contribution in [3.05, 3.63) is 66.2 Å². The highest BCUT2D eigenvalue weighted by atomic mass is 16.2. The molecule has 0 N–H and O–H groups in total. The van der Waals surface area contributed by atoms with E-state index < -0.39 is 0 Å². The molecule has 36 heavy (non-hydrogen) atoms. The monoisotopic (exact) mass is 484 g/mol. The topological polar surface area (TPSA) is 40.6 Å². The Morgan fingerprint density at radius 2 is 1.50 bits per heavy atom. The van der Waals surface area contributed by atoms with Gasteiger partial charge < -0.3 is 9.80 Å². The maximum absolute atomic E-state index is 14.0. The van der Waals surface area contributed by atoms with Gasteiger partial charge in [-0.2, -0.15) is 0 Å². The Bertz CT molecular complexity index is 1130. The molecular formula is C32H40N2O2. The van der Waals surface area contributed by atoms with Crippen LogP contribution in [0.4, 0.5) is 5.69 Å². The molecule has 6 rings (SSSR count). The van der Waals surface area contributed by atoms with E-state index in [9.17, 15) is 9.59 Å². The zero-order valence-electron chi connectivity index (χ0n) is 22.0. The summed E-state index contributed by atoms with van der Waals surface area (Å²) in [5, 5.41) is 0. The molecule has 3 saturated carbocycles. The fraction of sp³-hybridized carbons (Fsp3) is 0.562. The average molecular weight is 485 g/mol. The molecule has 1 aliphatic heterocycles. The Labute approximate surface area is 216 Å². The minimum atomic E-state index is 0.112. The van der Waals surface area contributed by atoms with Gasteiger partial charge in [0.25, 0.3) is 5.91 Å². The van der Waals surface area contributed by atoms with Crippen LogP contribution < -0.4 is 4.90 Å². The van der Waals surface area contributed by atoms with Crippen LogP contribution in [0.25, 0.3) is 0 Å². The van der Waals surface area contributed by atoms with Gasteiger partial charge >= 0.3 is 0 Å². The predicted molar refractivity (Wildman–Crippen MR) is 144 cm³/mol. The van der Waals surface area contributed by atoms with E-state index in [2.05, 4.69) is 47.9 Å². The number of amides is 2. The maximum atomic E-state index is 14.0. The summed E-state index contributed by atoms with van der Waals surface area (Å²) >= 11 is 0. The van der Waals surface area contributed by atoms with Crippen molar-refractivity contribution in [1.29, 1.82) is 0 Å². The molecule has 4 fully saturated rings. The molecule has 190 valence electrons. The second-order valence-corrected chi connectivity index (χ2v) is 12.5. The first kappa shape index (κ1) is 23.8. The Hall–Kier alpha value is -2.62. The van der Waals surface area contributed by atoms with Crippen LogP contribution in [0, 0.1) is 28.6 Å². The van der Waals surface area contributed by atoms with Crippen molar-refractivity contribution < 1.29 is 9.59 Å². The normalized spacial score (nSPS) is 37.6. The number of piperidine rings is 1. The number of para-hydroxylation sites is 1. The maximum Gasteiger partial charge on any atom is 0.258 e. The number of anilines is 1. The first-order valence-electron chi connectivity index (χ1n) is 14.0. The first-order chi connectivity index (χ1) is 17.3. The van der Waals surface area contributed by atoms with Crippen molar-refractivity contribution in [2.75, 3.05) is 11.9 Å². The van der Waals surface area contributed by atoms with E-state index in [0.29, 0.717) is 36.1 Å². The summed E-state index contributed by atoms with van der Waals surface area (Å²) in [6.07, 6.45) is 8.72. The van der Waals surface area contributed by atoms with Crippen LogP contribution in [-0.4, -0.2) is 35.8 Å². The molecule has 4 nitrogen and oxygen atoms in total. The second kappa shape index (κ2) is 8.75. The van der Waals surface area contributed by atoms with Gasteiger partial charge in [0.2, 0.25) is 5.91 Å². The number of hydrogen-bond acceptors (Lipinski definition) is 2. The number of benzene rings is 2. The van der Waals surface area contributed by atoms with Gasteiger partial charge in [-0.25, -0.2) is 0 Å². The molecule has 2 amide bonds. The molecule has 0 radical (unpaired) electrons. The van der Waals surface area contributed by atoms with E-state index in [4.69, 9.17) is 0 Å². The molecule has 0 unspecified atom stereocenters. The SMILES string of the molecule is CN1C(=O)CC[C@]2(C)[C@H]3CC[C@]4(C)[C@@H](N(C(=O)c5ccccc5)c5ccccc5)CC[C@H]4[C@@H]3CC[C@@H]12. The van der Waals surface area contributed by atoms with E-state index in [1.165, 1.54) is 19.3 Å². The summed E-state index contributed by atoms with van der Waals surface area (Å²) < 4.78 is 0. The molecule has 0 bridgehead atoms. The van der Waals surface area contributed by atoms with Crippen molar-refractivity contribution >= 4 is 17.5 Å². The summed E-state index contributed by atoms with van der Waals surface area (Å²) in [6.45, 7) is 4.98. The fourth-order valence-corrected chi connectivity index (χ4v) is 9.29. The van der Waals surface area contributed by atoms with Crippen LogP contribution >= 0.6 is 0 Å². The molecule has 0 aromatic heterocycles. The van der Waals surface area contributed by atoms with Crippen LogP contribution in [0.3, 0.4) is 0 Å². The standard InChI is InChI=1S/C32H40N2O2/c1-31-21-19-29(35)33(3)27(31)16-14-24-25-15-17-28(32(25,2)20-18-26(24)31)34(23-12-8-5-9-13-23)30(36)22-10-6-4-7-11-22/h4-13,24-28H,14-21H2,1-3H3/t24-,25-,26-,27+,28-,31+,32-/m0/s1. The van der Waals surface area contributed by atoms with Crippen LogP contribution in [0.5, 0.6) is 0 Å². The lowest BCUT2D eigenvalue weighted by atomic mass is 9.47. The van der Waals surface area contributed by atoms with Crippen LogP contribution in [0.15, 0.2) is 60.7 Å². The van der Waals surface area contributed by atoms with Gasteiger partial charge in [0.05, 0.1) is 0 Å². The highest BCUT2D eigenvalue weighted by molar-refractivity contribution is 6.06. The van der Waals surface area contributed by atoms with Gasteiger partial charge in [-0.1, -0.05) is 50.2 Å². The number of carbonyl (C=O) groups excluding carboxylic acids is 2. The van der Waals surface area contributed by atoms with Crippen LogP contribution in [-0.2, 0) is 4.79 Å². The minimum absolute atomic E-state index is 0.112. The number of nitrogens with zero attached hydrogens (tertiary/aromatic N) is 2. The third kappa shape index (κ3) is 3.47. The summed E-state index contributed by atoms with van der Waals surface area (Å²) in [7, 11) is 2.04. The smallest absolute Gasteiger partial charge is 0.258 e. The number of carbonyl (C=O) groups is 2. The predicted octanol–water partition coefficient (Wildman–Crippen LogP) is 6.57. The van der Waals surface area contributed by atoms with E-state index in [0.717, 1.165) is 36.9 Å². The highest BCUT2D eigenvalue weighted by Crippen LogP contribution is 2.65. The van der Waals surface area contributed by atoms with Crippen molar-refractivity contribution in [3.63, 3.8) is 0 Å². The molecule has 2 aromatic carbocycles. The largest absolute Gasteiger partial charge is 0.342 e. The molecule has 4 aliphatic rings. The highest BCUT2D eigenvalue weighted by Gasteiger charge is 2.62. The first-order valence-corrected chi connectivity index (χ1v) is 14.0. The Morgan fingerprint density at radius 1 is 0.833 bits per heavy atom. The second-order valence-electron chi connectivity index (χ2n) is 12.5. The summed E-state index contributed by atoms with van der Waals surface area (Å²) in [5.74, 6) is 2.46. The zero-order valence-corrected chi connectivity index (χ0v) is 22.0. The summed E-state index contributed by atoms with van der Waals surface area (Å²) in [6, 6.07) is 20.7. The fourth-order valence-electron chi connectivity index (χ4n) is 9.29.